The summed E-state index contributed by atoms with van der Waals surface area (Å²) in [5, 5.41) is 13.5. The minimum Gasteiger partial charge on any atom is -0.351 e. The Labute approximate surface area is 123 Å². The van der Waals surface area contributed by atoms with Crippen molar-refractivity contribution in [2.24, 2.45) is 0 Å². The molecule has 0 fully saturated rings. The molecule has 7 heteroatoms. The molecule has 1 rings (SSSR count). The minimum atomic E-state index is -0.525. The Bertz CT molecular complexity index is 498. The molecule has 0 unspecified atom stereocenters. The molecule has 1 amide bonds. The van der Waals surface area contributed by atoms with Crippen molar-refractivity contribution in [2.75, 3.05) is 19.8 Å². The van der Waals surface area contributed by atoms with Crippen LogP contribution >= 0.6 is 0 Å². The van der Waals surface area contributed by atoms with E-state index in [0.29, 0.717) is 18.8 Å². The molecule has 0 radical (unpaired) electrons. The van der Waals surface area contributed by atoms with Crippen LogP contribution in [0.1, 0.15) is 29.8 Å². The minimum absolute atomic E-state index is 0.0752. The van der Waals surface area contributed by atoms with E-state index in [-0.39, 0.29) is 23.7 Å². The van der Waals surface area contributed by atoms with Crippen LogP contribution < -0.4 is 5.32 Å². The number of nitrogens with zero attached hydrogens (tertiary/aromatic N) is 1. The smallest absolute Gasteiger partial charge is 0.273 e. The Kier molecular flexibility index (Phi) is 6.77. The molecule has 0 aliphatic heterocycles. The molecule has 116 valence electrons. The Morgan fingerprint density at radius 2 is 1.95 bits per heavy atom. The number of carbonyl (C=O) groups is 1. The average Bonchev–Trinajstić information content (AvgIpc) is 2.44. The van der Waals surface area contributed by atoms with E-state index >= 15 is 0 Å². The Balaban J connectivity index is 2.76. The summed E-state index contributed by atoms with van der Waals surface area (Å²) >= 11 is 0. The third-order valence-electron chi connectivity index (χ3n) is 2.88. The first kappa shape index (κ1) is 17.1. The second-order valence-corrected chi connectivity index (χ2v) is 4.26. The predicted molar refractivity (Wildman–Crippen MR) is 77.2 cm³/mol. The summed E-state index contributed by atoms with van der Waals surface area (Å²) in [6.07, 6.45) is -0.525. The molecule has 0 atom stereocenters. The lowest BCUT2D eigenvalue weighted by Crippen LogP contribution is -2.35. The van der Waals surface area contributed by atoms with Crippen LogP contribution in [0.15, 0.2) is 18.2 Å². The molecule has 0 aliphatic rings. The van der Waals surface area contributed by atoms with Crippen molar-refractivity contribution < 1.29 is 19.2 Å². The number of amides is 1. The third-order valence-corrected chi connectivity index (χ3v) is 2.88. The molecule has 1 aromatic carbocycles. The molecule has 0 spiro atoms. The van der Waals surface area contributed by atoms with Gasteiger partial charge in [0.1, 0.15) is 0 Å². The highest BCUT2D eigenvalue weighted by molar-refractivity contribution is 5.96. The van der Waals surface area contributed by atoms with Gasteiger partial charge in [-0.15, -0.1) is 0 Å². The second kappa shape index (κ2) is 8.33. The van der Waals surface area contributed by atoms with Crippen molar-refractivity contribution in [1.29, 1.82) is 0 Å². The molecule has 0 heterocycles. The van der Waals surface area contributed by atoms with Gasteiger partial charge in [-0.1, -0.05) is 6.07 Å². The zero-order chi connectivity index (χ0) is 15.8. The van der Waals surface area contributed by atoms with Gasteiger partial charge in [0.05, 0.1) is 11.5 Å². The maximum absolute atomic E-state index is 12.1. The van der Waals surface area contributed by atoms with Gasteiger partial charge < -0.3 is 14.8 Å². The van der Waals surface area contributed by atoms with Crippen LogP contribution in [0.5, 0.6) is 0 Å². The zero-order valence-corrected chi connectivity index (χ0v) is 12.4. The number of nitrogens with one attached hydrogen (secondary N) is 1. The van der Waals surface area contributed by atoms with Gasteiger partial charge in [-0.3, -0.25) is 14.9 Å². The van der Waals surface area contributed by atoms with Gasteiger partial charge in [0, 0.05) is 30.4 Å². The van der Waals surface area contributed by atoms with E-state index in [4.69, 9.17) is 9.47 Å². The molecule has 0 aromatic heterocycles. The van der Waals surface area contributed by atoms with Crippen LogP contribution in [0.4, 0.5) is 5.69 Å². The van der Waals surface area contributed by atoms with Crippen LogP contribution in [-0.4, -0.2) is 36.9 Å². The van der Waals surface area contributed by atoms with Gasteiger partial charge in [0.2, 0.25) is 0 Å². The number of ether oxygens (including phenoxy) is 2. The van der Waals surface area contributed by atoms with Crippen LogP contribution in [-0.2, 0) is 9.47 Å². The van der Waals surface area contributed by atoms with Gasteiger partial charge in [-0.05, 0) is 26.8 Å². The lowest BCUT2D eigenvalue weighted by molar-refractivity contribution is -0.385. The number of hydrogen-bond donors (Lipinski definition) is 1. The summed E-state index contributed by atoms with van der Waals surface area (Å²) in [5.74, 6) is -0.388. The van der Waals surface area contributed by atoms with Crippen LogP contribution in [0.25, 0.3) is 0 Å². The van der Waals surface area contributed by atoms with Crippen LogP contribution in [0.2, 0.25) is 0 Å². The molecule has 0 aliphatic carbocycles. The summed E-state index contributed by atoms with van der Waals surface area (Å²) in [6, 6.07) is 4.41. The van der Waals surface area contributed by atoms with E-state index in [2.05, 4.69) is 5.32 Å². The lowest BCUT2D eigenvalue weighted by atomic mass is 10.1. The number of nitro groups is 1. The van der Waals surface area contributed by atoms with Gasteiger partial charge >= 0.3 is 0 Å². The fraction of sp³-hybridized carbons (Fsp3) is 0.500. The van der Waals surface area contributed by atoms with E-state index < -0.39 is 11.2 Å². The largest absolute Gasteiger partial charge is 0.351 e. The summed E-state index contributed by atoms with van der Waals surface area (Å²) < 4.78 is 10.6. The molecule has 1 aromatic rings. The molecule has 0 saturated carbocycles. The van der Waals surface area contributed by atoms with Crippen molar-refractivity contribution in [1.82, 2.24) is 5.32 Å². The summed E-state index contributed by atoms with van der Waals surface area (Å²) in [5.41, 5.74) is 0.536. The van der Waals surface area contributed by atoms with E-state index in [1.165, 1.54) is 12.1 Å². The van der Waals surface area contributed by atoms with E-state index in [0.717, 1.165) is 0 Å². The standard InChI is InChI=1S/C14H20N2O5/c1-4-20-13(21-5-2)9-15-14(17)11-7-6-8-12(10(11)3)16(18)19/h6-8,13H,4-5,9H2,1-3H3,(H,15,17). The molecular weight excluding hydrogens is 276 g/mol. The maximum Gasteiger partial charge on any atom is 0.273 e. The summed E-state index contributed by atoms with van der Waals surface area (Å²) in [4.78, 5) is 22.5. The average molecular weight is 296 g/mol. The van der Waals surface area contributed by atoms with E-state index in [9.17, 15) is 14.9 Å². The number of hydrogen-bond acceptors (Lipinski definition) is 5. The molecular formula is C14H20N2O5. The first-order valence-corrected chi connectivity index (χ1v) is 6.76. The second-order valence-electron chi connectivity index (χ2n) is 4.26. The normalized spacial score (nSPS) is 10.7. The highest BCUT2D eigenvalue weighted by Crippen LogP contribution is 2.20. The first-order chi connectivity index (χ1) is 10.0. The van der Waals surface area contributed by atoms with Gasteiger partial charge in [0.25, 0.3) is 11.6 Å². The van der Waals surface area contributed by atoms with Gasteiger partial charge in [-0.2, -0.15) is 0 Å². The lowest BCUT2D eigenvalue weighted by Gasteiger charge is -2.17. The number of benzene rings is 1. The molecule has 0 saturated heterocycles. The monoisotopic (exact) mass is 296 g/mol. The molecule has 7 nitrogen and oxygen atoms in total. The van der Waals surface area contributed by atoms with E-state index in [1.807, 2.05) is 13.8 Å². The molecule has 1 N–H and O–H groups in total. The van der Waals surface area contributed by atoms with Gasteiger partial charge in [0.15, 0.2) is 6.29 Å². The first-order valence-electron chi connectivity index (χ1n) is 6.76. The summed E-state index contributed by atoms with van der Waals surface area (Å²) in [7, 11) is 0. The zero-order valence-electron chi connectivity index (χ0n) is 12.4. The Morgan fingerprint density at radius 3 is 2.48 bits per heavy atom. The van der Waals surface area contributed by atoms with E-state index in [1.54, 1.807) is 13.0 Å². The summed E-state index contributed by atoms with van der Waals surface area (Å²) in [6.45, 7) is 6.34. The predicted octanol–water partition coefficient (Wildman–Crippen LogP) is 2.03. The Hall–Kier alpha value is -1.99. The maximum atomic E-state index is 12.1. The molecule has 0 bridgehead atoms. The Morgan fingerprint density at radius 1 is 1.33 bits per heavy atom. The number of carbonyl (C=O) groups excluding carboxylic acids is 1. The number of nitro benzene ring substituents is 1. The van der Waals surface area contributed by atoms with Crippen molar-refractivity contribution in [2.45, 2.75) is 27.1 Å². The van der Waals surface area contributed by atoms with Crippen molar-refractivity contribution >= 4 is 11.6 Å². The van der Waals surface area contributed by atoms with Crippen molar-refractivity contribution in [3.8, 4) is 0 Å². The quantitative estimate of drug-likeness (QED) is 0.450. The van der Waals surface area contributed by atoms with Crippen molar-refractivity contribution in [3.63, 3.8) is 0 Å². The SMILES string of the molecule is CCOC(CNC(=O)c1cccc([N+](=O)[O-])c1C)OCC. The fourth-order valence-corrected chi connectivity index (χ4v) is 1.88. The van der Waals surface area contributed by atoms with Crippen molar-refractivity contribution in [3.05, 3.63) is 39.4 Å². The molecule has 21 heavy (non-hydrogen) atoms. The third kappa shape index (κ3) is 4.80. The van der Waals surface area contributed by atoms with Crippen LogP contribution in [0, 0.1) is 17.0 Å². The van der Waals surface area contributed by atoms with Crippen LogP contribution in [0.3, 0.4) is 0 Å². The highest BCUT2D eigenvalue weighted by atomic mass is 16.7. The fourth-order valence-electron chi connectivity index (χ4n) is 1.88. The number of rotatable bonds is 8. The topological polar surface area (TPSA) is 90.7 Å². The highest BCUT2D eigenvalue weighted by Gasteiger charge is 2.18. The van der Waals surface area contributed by atoms with Gasteiger partial charge in [-0.25, -0.2) is 0 Å².